The van der Waals surface area contributed by atoms with E-state index in [1.54, 1.807) is 23.7 Å². The number of aromatic amines is 1. The first kappa shape index (κ1) is 16.3. The van der Waals surface area contributed by atoms with Crippen LogP contribution in [0.3, 0.4) is 0 Å². The number of pyridine rings is 1. The van der Waals surface area contributed by atoms with Crippen molar-refractivity contribution in [2.45, 2.75) is 6.42 Å². The van der Waals surface area contributed by atoms with Crippen LogP contribution < -0.4 is 5.32 Å². The number of carbonyl (C=O) groups excluding carboxylic acids is 1. The summed E-state index contributed by atoms with van der Waals surface area (Å²) in [4.78, 5) is 23.5. The third kappa shape index (κ3) is 3.18. The van der Waals surface area contributed by atoms with Crippen molar-refractivity contribution in [2.24, 2.45) is 0 Å². The van der Waals surface area contributed by atoms with E-state index < -0.39 is 0 Å². The number of nitrogens with zero attached hydrogens (tertiary/aromatic N) is 2. The van der Waals surface area contributed by atoms with Crippen molar-refractivity contribution in [3.8, 4) is 11.3 Å². The van der Waals surface area contributed by atoms with Crippen LogP contribution in [-0.4, -0.2) is 20.9 Å². The van der Waals surface area contributed by atoms with Gasteiger partial charge in [-0.3, -0.25) is 4.79 Å². The summed E-state index contributed by atoms with van der Waals surface area (Å²) >= 11 is 1.24. The molecule has 130 valence electrons. The standard InChI is InChI=1S/C18H12F2N4OS/c19-11-3-1-10(2-4-11)7-15(25)24-18-23-14(9-26-18)12-8-22-17-16(12)13(20)5-6-21-17/h1-6,8-9H,7H2,(H,21,22)(H,23,24,25). The molecule has 4 aromatic rings. The molecule has 2 N–H and O–H groups in total. The molecule has 0 bridgehead atoms. The van der Waals surface area contributed by atoms with Gasteiger partial charge in [0.05, 0.1) is 17.5 Å². The van der Waals surface area contributed by atoms with Gasteiger partial charge in [0.15, 0.2) is 5.13 Å². The number of hydrogen-bond donors (Lipinski definition) is 2. The van der Waals surface area contributed by atoms with Crippen LogP contribution in [0.4, 0.5) is 13.9 Å². The molecular formula is C18H12F2N4OS. The summed E-state index contributed by atoms with van der Waals surface area (Å²) in [5, 5.41) is 5.21. The lowest BCUT2D eigenvalue weighted by Gasteiger charge is -2.02. The molecule has 0 radical (unpaired) electrons. The van der Waals surface area contributed by atoms with E-state index in [0.29, 0.717) is 33.0 Å². The van der Waals surface area contributed by atoms with E-state index in [1.807, 2.05) is 0 Å². The third-order valence-corrected chi connectivity index (χ3v) is 4.58. The van der Waals surface area contributed by atoms with Gasteiger partial charge in [0, 0.05) is 23.3 Å². The molecule has 1 amide bonds. The van der Waals surface area contributed by atoms with Gasteiger partial charge in [0.25, 0.3) is 0 Å². The van der Waals surface area contributed by atoms with Gasteiger partial charge >= 0.3 is 0 Å². The Morgan fingerprint density at radius 1 is 1.19 bits per heavy atom. The lowest BCUT2D eigenvalue weighted by Crippen LogP contribution is -2.14. The zero-order valence-electron chi connectivity index (χ0n) is 13.3. The van der Waals surface area contributed by atoms with E-state index in [0.717, 1.165) is 0 Å². The van der Waals surface area contributed by atoms with E-state index >= 15 is 0 Å². The number of H-pyrrole nitrogens is 1. The molecule has 0 saturated heterocycles. The molecule has 1 aromatic carbocycles. The number of amides is 1. The van der Waals surface area contributed by atoms with Crippen LogP contribution in [0.5, 0.6) is 0 Å². The van der Waals surface area contributed by atoms with Crippen LogP contribution in [0, 0.1) is 11.6 Å². The second kappa shape index (κ2) is 6.64. The van der Waals surface area contributed by atoms with Crippen molar-refractivity contribution in [2.75, 3.05) is 5.32 Å². The molecule has 0 atom stereocenters. The van der Waals surface area contributed by atoms with Gasteiger partial charge in [-0.2, -0.15) is 0 Å². The summed E-state index contributed by atoms with van der Waals surface area (Å²) in [7, 11) is 0. The van der Waals surface area contributed by atoms with Crippen LogP contribution in [0.1, 0.15) is 5.56 Å². The smallest absolute Gasteiger partial charge is 0.230 e. The monoisotopic (exact) mass is 370 g/mol. The Bertz CT molecular complexity index is 1090. The SMILES string of the molecule is O=C(Cc1ccc(F)cc1)Nc1nc(-c2c[nH]c3nccc(F)c23)cs1. The molecule has 0 aliphatic rings. The van der Waals surface area contributed by atoms with Gasteiger partial charge in [-0.1, -0.05) is 12.1 Å². The van der Waals surface area contributed by atoms with Crippen molar-refractivity contribution in [3.63, 3.8) is 0 Å². The quantitative estimate of drug-likeness (QED) is 0.567. The molecule has 0 saturated carbocycles. The second-order valence-electron chi connectivity index (χ2n) is 5.61. The number of thiazole rings is 1. The molecule has 5 nitrogen and oxygen atoms in total. The van der Waals surface area contributed by atoms with Crippen molar-refractivity contribution in [1.29, 1.82) is 0 Å². The predicted octanol–water partition coefficient (Wildman–Crippen LogP) is 4.15. The van der Waals surface area contributed by atoms with Crippen LogP contribution in [0.2, 0.25) is 0 Å². The fraction of sp³-hybridized carbons (Fsp3) is 0.0556. The molecular weight excluding hydrogens is 358 g/mol. The molecule has 0 aliphatic carbocycles. The third-order valence-electron chi connectivity index (χ3n) is 3.83. The lowest BCUT2D eigenvalue weighted by molar-refractivity contribution is -0.115. The Kier molecular flexibility index (Phi) is 4.18. The molecule has 0 aliphatic heterocycles. The Morgan fingerprint density at radius 3 is 2.81 bits per heavy atom. The number of nitrogens with one attached hydrogen (secondary N) is 2. The Balaban J connectivity index is 1.52. The van der Waals surface area contributed by atoms with Gasteiger partial charge in [0.2, 0.25) is 5.91 Å². The number of fused-ring (bicyclic) bond motifs is 1. The normalized spacial score (nSPS) is 11.0. The maximum atomic E-state index is 14.1. The van der Waals surface area contributed by atoms with Gasteiger partial charge in [-0.15, -0.1) is 11.3 Å². The minimum atomic E-state index is -0.388. The molecule has 3 aromatic heterocycles. The summed E-state index contributed by atoms with van der Waals surface area (Å²) in [6, 6.07) is 7.03. The summed E-state index contributed by atoms with van der Waals surface area (Å²) in [5.41, 5.74) is 2.27. The van der Waals surface area contributed by atoms with Crippen molar-refractivity contribution in [3.05, 3.63) is 65.3 Å². The Labute approximate surface area is 150 Å². The number of aromatic nitrogens is 3. The highest BCUT2D eigenvalue weighted by molar-refractivity contribution is 7.14. The molecule has 3 heterocycles. The van der Waals surface area contributed by atoms with Crippen LogP contribution in [-0.2, 0) is 11.2 Å². The lowest BCUT2D eigenvalue weighted by atomic mass is 10.1. The van der Waals surface area contributed by atoms with Crippen molar-refractivity contribution in [1.82, 2.24) is 15.0 Å². The number of halogens is 2. The van der Waals surface area contributed by atoms with Gasteiger partial charge in [-0.25, -0.2) is 18.7 Å². The highest BCUT2D eigenvalue weighted by Crippen LogP contribution is 2.31. The minimum absolute atomic E-state index is 0.112. The number of hydrogen-bond acceptors (Lipinski definition) is 4. The van der Waals surface area contributed by atoms with E-state index in [2.05, 4.69) is 20.3 Å². The summed E-state index contributed by atoms with van der Waals surface area (Å²) in [5.74, 6) is -0.996. The average Bonchev–Trinajstić information content (AvgIpc) is 3.24. The van der Waals surface area contributed by atoms with E-state index in [-0.39, 0.29) is 24.0 Å². The maximum absolute atomic E-state index is 14.1. The summed E-state index contributed by atoms with van der Waals surface area (Å²) in [6.45, 7) is 0. The first-order valence-electron chi connectivity index (χ1n) is 7.72. The van der Waals surface area contributed by atoms with Gasteiger partial charge in [-0.05, 0) is 23.8 Å². The Hall–Kier alpha value is -3.13. The van der Waals surface area contributed by atoms with Crippen LogP contribution in [0.25, 0.3) is 22.3 Å². The van der Waals surface area contributed by atoms with Crippen molar-refractivity contribution < 1.29 is 13.6 Å². The van der Waals surface area contributed by atoms with E-state index in [4.69, 9.17) is 0 Å². The largest absolute Gasteiger partial charge is 0.345 e. The van der Waals surface area contributed by atoms with E-state index in [1.165, 1.54) is 35.7 Å². The number of rotatable bonds is 4. The molecule has 0 spiro atoms. The zero-order valence-corrected chi connectivity index (χ0v) is 14.1. The summed E-state index contributed by atoms with van der Waals surface area (Å²) < 4.78 is 27.0. The first-order valence-corrected chi connectivity index (χ1v) is 8.60. The predicted molar refractivity (Wildman–Crippen MR) is 95.9 cm³/mol. The number of benzene rings is 1. The average molecular weight is 370 g/mol. The van der Waals surface area contributed by atoms with Crippen LogP contribution >= 0.6 is 11.3 Å². The molecule has 4 rings (SSSR count). The molecule has 26 heavy (non-hydrogen) atoms. The van der Waals surface area contributed by atoms with Crippen LogP contribution in [0.15, 0.2) is 48.1 Å². The fourth-order valence-electron chi connectivity index (χ4n) is 2.62. The zero-order chi connectivity index (χ0) is 18.1. The molecule has 0 unspecified atom stereocenters. The summed E-state index contributed by atoms with van der Waals surface area (Å²) in [6.07, 6.45) is 3.14. The number of carbonyl (C=O) groups is 1. The highest BCUT2D eigenvalue weighted by Gasteiger charge is 2.15. The van der Waals surface area contributed by atoms with E-state index in [9.17, 15) is 13.6 Å². The van der Waals surface area contributed by atoms with Gasteiger partial charge < -0.3 is 10.3 Å². The van der Waals surface area contributed by atoms with Gasteiger partial charge in [0.1, 0.15) is 17.3 Å². The van der Waals surface area contributed by atoms with Crippen molar-refractivity contribution >= 4 is 33.4 Å². The molecule has 0 fully saturated rings. The Morgan fingerprint density at radius 2 is 2.00 bits per heavy atom. The topological polar surface area (TPSA) is 70.7 Å². The maximum Gasteiger partial charge on any atom is 0.230 e. The highest BCUT2D eigenvalue weighted by atomic mass is 32.1. The molecule has 8 heteroatoms. The fourth-order valence-corrected chi connectivity index (χ4v) is 3.35. The first-order chi connectivity index (χ1) is 12.6. The number of anilines is 1. The minimum Gasteiger partial charge on any atom is -0.345 e. The second-order valence-corrected chi connectivity index (χ2v) is 6.47.